The van der Waals surface area contributed by atoms with Gasteiger partial charge in [0.2, 0.25) is 0 Å². The normalized spacial score (nSPS) is 19.7. The zero-order chi connectivity index (χ0) is 11.5. The lowest BCUT2D eigenvalue weighted by Gasteiger charge is -2.23. The predicted molar refractivity (Wildman–Crippen MR) is 60.0 cm³/mol. The maximum absolute atomic E-state index is 12.1. The molecule has 1 aromatic rings. The molecule has 2 heterocycles. The van der Waals surface area contributed by atoms with Crippen LogP contribution in [0.15, 0.2) is 18.3 Å². The van der Waals surface area contributed by atoms with E-state index >= 15 is 0 Å². The van der Waals surface area contributed by atoms with E-state index in [0.29, 0.717) is 18.8 Å². The number of carbonyl (C=O) groups excluding carboxylic acids is 1. The molecule has 1 aliphatic heterocycles. The molecule has 1 fully saturated rings. The summed E-state index contributed by atoms with van der Waals surface area (Å²) < 4.78 is 5.25. The maximum atomic E-state index is 12.1. The minimum absolute atomic E-state index is 0.0962. The third kappa shape index (κ3) is 1.99. The number of nitrogens with two attached hydrogens (primary N) is 1. The summed E-state index contributed by atoms with van der Waals surface area (Å²) in [6.07, 6.45) is 2.45. The van der Waals surface area contributed by atoms with Crippen LogP contribution in [-0.2, 0) is 4.74 Å². The average Bonchev–Trinajstić information content (AvgIpc) is 2.81. The number of pyridine rings is 1. The highest BCUT2D eigenvalue weighted by Crippen LogP contribution is 2.16. The fourth-order valence-corrected chi connectivity index (χ4v) is 1.78. The summed E-state index contributed by atoms with van der Waals surface area (Å²) in [6.45, 7) is 1.31. The van der Waals surface area contributed by atoms with Crippen molar-refractivity contribution in [3.8, 4) is 0 Å². The van der Waals surface area contributed by atoms with Gasteiger partial charge >= 0.3 is 0 Å². The van der Waals surface area contributed by atoms with Crippen molar-refractivity contribution in [2.45, 2.75) is 12.5 Å². The van der Waals surface area contributed by atoms with Gasteiger partial charge in [0.25, 0.3) is 5.91 Å². The van der Waals surface area contributed by atoms with E-state index in [1.165, 1.54) is 0 Å². The lowest BCUT2D eigenvalue weighted by atomic mass is 10.2. The Morgan fingerprint density at radius 3 is 3.12 bits per heavy atom. The molecule has 2 N–H and O–H groups in total. The fourth-order valence-electron chi connectivity index (χ4n) is 1.78. The van der Waals surface area contributed by atoms with E-state index in [1.807, 2.05) is 0 Å². The molecule has 2 rings (SSSR count). The van der Waals surface area contributed by atoms with E-state index in [9.17, 15) is 4.79 Å². The summed E-state index contributed by atoms with van der Waals surface area (Å²) in [5, 5.41) is 0. The van der Waals surface area contributed by atoms with Crippen LogP contribution in [0.1, 0.15) is 16.8 Å². The molecule has 1 saturated heterocycles. The summed E-state index contributed by atoms with van der Waals surface area (Å²) in [4.78, 5) is 17.7. The van der Waals surface area contributed by atoms with Crippen molar-refractivity contribution < 1.29 is 9.53 Å². The molecule has 1 amide bonds. The number of carbonyl (C=O) groups is 1. The molecule has 0 bridgehead atoms. The molecule has 1 unspecified atom stereocenters. The van der Waals surface area contributed by atoms with E-state index in [2.05, 4.69) is 4.98 Å². The van der Waals surface area contributed by atoms with Crippen LogP contribution in [0, 0.1) is 0 Å². The molecule has 86 valence electrons. The van der Waals surface area contributed by atoms with Crippen molar-refractivity contribution >= 4 is 11.7 Å². The van der Waals surface area contributed by atoms with Gasteiger partial charge in [-0.15, -0.1) is 0 Å². The Kier molecular flexibility index (Phi) is 3.05. The van der Waals surface area contributed by atoms with Crippen molar-refractivity contribution in [1.82, 2.24) is 9.88 Å². The Labute approximate surface area is 94.2 Å². The van der Waals surface area contributed by atoms with E-state index < -0.39 is 0 Å². The Balaban J connectivity index is 2.15. The molecule has 1 aliphatic rings. The van der Waals surface area contributed by atoms with Gasteiger partial charge in [0, 0.05) is 19.9 Å². The SMILES string of the molecule is CN(C(=O)c1cccnc1N)C1CCOC1. The monoisotopic (exact) mass is 221 g/mol. The van der Waals surface area contributed by atoms with Crippen molar-refractivity contribution in [1.29, 1.82) is 0 Å². The summed E-state index contributed by atoms with van der Waals surface area (Å²) >= 11 is 0. The molecule has 0 aliphatic carbocycles. The topological polar surface area (TPSA) is 68.5 Å². The number of likely N-dealkylation sites (N-methyl/N-ethyl adjacent to an activating group) is 1. The zero-order valence-corrected chi connectivity index (χ0v) is 9.22. The van der Waals surface area contributed by atoms with Gasteiger partial charge in [0.1, 0.15) is 5.82 Å². The zero-order valence-electron chi connectivity index (χ0n) is 9.22. The number of nitrogens with zero attached hydrogens (tertiary/aromatic N) is 2. The van der Waals surface area contributed by atoms with E-state index in [-0.39, 0.29) is 17.8 Å². The molecule has 1 atom stereocenters. The van der Waals surface area contributed by atoms with Crippen LogP contribution in [0.2, 0.25) is 0 Å². The summed E-state index contributed by atoms with van der Waals surface area (Å²) in [6, 6.07) is 3.55. The van der Waals surface area contributed by atoms with E-state index in [0.717, 1.165) is 6.42 Å². The number of ether oxygens (including phenoxy) is 1. The van der Waals surface area contributed by atoms with Crippen molar-refractivity contribution in [3.63, 3.8) is 0 Å². The molecule has 0 saturated carbocycles. The molecular formula is C11H15N3O2. The van der Waals surface area contributed by atoms with E-state index in [1.54, 1.807) is 30.3 Å². The third-order valence-electron chi connectivity index (χ3n) is 2.84. The Bertz CT molecular complexity index is 389. The highest BCUT2D eigenvalue weighted by atomic mass is 16.5. The second-order valence-corrected chi connectivity index (χ2v) is 3.87. The molecule has 5 nitrogen and oxygen atoms in total. The molecule has 0 spiro atoms. The molecule has 0 aromatic carbocycles. The predicted octanol–water partition coefficient (Wildman–Crippen LogP) is 0.525. The van der Waals surface area contributed by atoms with Gasteiger partial charge in [0.05, 0.1) is 18.2 Å². The first kappa shape index (κ1) is 10.9. The second kappa shape index (κ2) is 4.49. The maximum Gasteiger partial charge on any atom is 0.257 e. The van der Waals surface area contributed by atoms with Gasteiger partial charge in [-0.2, -0.15) is 0 Å². The lowest BCUT2D eigenvalue weighted by molar-refractivity contribution is 0.0712. The van der Waals surface area contributed by atoms with Crippen LogP contribution in [0.4, 0.5) is 5.82 Å². The minimum atomic E-state index is -0.0962. The third-order valence-corrected chi connectivity index (χ3v) is 2.84. The van der Waals surface area contributed by atoms with Crippen molar-refractivity contribution in [2.24, 2.45) is 0 Å². The molecular weight excluding hydrogens is 206 g/mol. The minimum Gasteiger partial charge on any atom is -0.383 e. The van der Waals surface area contributed by atoms with Gasteiger partial charge in [-0.3, -0.25) is 4.79 Å². The van der Waals surface area contributed by atoms with E-state index in [4.69, 9.17) is 10.5 Å². The van der Waals surface area contributed by atoms with Gasteiger partial charge in [-0.25, -0.2) is 4.98 Å². The second-order valence-electron chi connectivity index (χ2n) is 3.87. The fraction of sp³-hybridized carbons (Fsp3) is 0.455. The van der Waals surface area contributed by atoms with Gasteiger partial charge in [-0.05, 0) is 18.6 Å². The number of hydrogen-bond acceptors (Lipinski definition) is 4. The highest BCUT2D eigenvalue weighted by molar-refractivity contribution is 5.98. The summed E-state index contributed by atoms with van der Waals surface area (Å²) in [5.41, 5.74) is 6.12. The number of rotatable bonds is 2. The van der Waals surface area contributed by atoms with Gasteiger partial charge in [-0.1, -0.05) is 0 Å². The van der Waals surface area contributed by atoms with Crippen LogP contribution in [0.3, 0.4) is 0 Å². The lowest BCUT2D eigenvalue weighted by Crippen LogP contribution is -2.37. The number of aromatic nitrogens is 1. The summed E-state index contributed by atoms with van der Waals surface area (Å²) in [5.74, 6) is 0.180. The molecule has 1 aromatic heterocycles. The molecule has 0 radical (unpaired) electrons. The number of hydrogen-bond donors (Lipinski definition) is 1. The number of amides is 1. The van der Waals surface area contributed by atoms with Crippen LogP contribution < -0.4 is 5.73 Å². The Morgan fingerprint density at radius 1 is 1.69 bits per heavy atom. The first-order valence-electron chi connectivity index (χ1n) is 5.25. The highest BCUT2D eigenvalue weighted by Gasteiger charge is 2.25. The first-order valence-corrected chi connectivity index (χ1v) is 5.25. The Morgan fingerprint density at radius 2 is 2.50 bits per heavy atom. The van der Waals surface area contributed by atoms with Gasteiger partial charge in [0.15, 0.2) is 0 Å². The van der Waals surface area contributed by atoms with Crippen LogP contribution in [-0.4, -0.2) is 42.1 Å². The van der Waals surface area contributed by atoms with Crippen LogP contribution in [0.25, 0.3) is 0 Å². The van der Waals surface area contributed by atoms with Crippen LogP contribution in [0.5, 0.6) is 0 Å². The molecule has 16 heavy (non-hydrogen) atoms. The van der Waals surface area contributed by atoms with Crippen LogP contribution >= 0.6 is 0 Å². The summed E-state index contributed by atoms with van der Waals surface area (Å²) in [7, 11) is 1.77. The quantitative estimate of drug-likeness (QED) is 0.790. The van der Waals surface area contributed by atoms with Crippen molar-refractivity contribution in [3.05, 3.63) is 23.9 Å². The standard InChI is InChI=1S/C11H15N3O2/c1-14(8-4-6-16-7-8)11(15)9-3-2-5-13-10(9)12/h2-3,5,8H,4,6-7H2,1H3,(H2,12,13). The van der Waals surface area contributed by atoms with Gasteiger partial charge < -0.3 is 15.4 Å². The Hall–Kier alpha value is -1.62. The van der Waals surface area contributed by atoms with Crippen molar-refractivity contribution in [2.75, 3.05) is 26.0 Å². The average molecular weight is 221 g/mol. The first-order chi connectivity index (χ1) is 7.70. The smallest absolute Gasteiger partial charge is 0.257 e. The number of anilines is 1. The number of nitrogen functional groups attached to an aromatic ring is 1. The molecule has 5 heteroatoms. The largest absolute Gasteiger partial charge is 0.383 e.